The Balaban J connectivity index is 1.15. The fourth-order valence-electron chi connectivity index (χ4n) is 9.11. The summed E-state index contributed by atoms with van der Waals surface area (Å²) >= 11 is 0. The lowest BCUT2D eigenvalue weighted by Crippen LogP contribution is -2.21. The Hall–Kier alpha value is -8.02. The molecule has 0 bridgehead atoms. The van der Waals surface area contributed by atoms with Crippen molar-refractivity contribution in [3.8, 4) is 27.9 Å². The third kappa shape index (κ3) is 6.17. The number of nitrogens with zero attached hydrogens (tertiary/aromatic N) is 3. The molecule has 0 spiro atoms. The molecule has 0 fully saturated rings. The van der Waals surface area contributed by atoms with Gasteiger partial charge < -0.3 is 14.3 Å². The highest BCUT2D eigenvalue weighted by atomic mass is 16.3. The van der Waals surface area contributed by atoms with E-state index in [1.807, 2.05) is 25.2 Å². The molecule has 0 aliphatic carbocycles. The number of nitrogens with one attached hydrogen (secondary N) is 1. The van der Waals surface area contributed by atoms with E-state index in [1.165, 1.54) is 49.0 Å². The minimum absolute atomic E-state index is 0.564. The second-order valence-corrected chi connectivity index (χ2v) is 15.7. The first-order valence-electron chi connectivity index (χ1n) is 21.2. The summed E-state index contributed by atoms with van der Waals surface area (Å²) in [6.07, 6.45) is 0.689. The molecule has 0 unspecified atom stereocenters. The van der Waals surface area contributed by atoms with Gasteiger partial charge in [0.2, 0.25) is 0 Å². The van der Waals surface area contributed by atoms with Crippen LogP contribution in [0.4, 0.5) is 0 Å². The number of aliphatic imine (C=N–C) groups is 2. The van der Waals surface area contributed by atoms with Gasteiger partial charge >= 0.3 is 0 Å². The van der Waals surface area contributed by atoms with Crippen molar-refractivity contribution in [1.82, 2.24) is 9.88 Å². The average Bonchev–Trinajstić information content (AvgIpc) is 3.89. The van der Waals surface area contributed by atoms with Crippen LogP contribution in [0.15, 0.2) is 215 Å². The predicted molar refractivity (Wildman–Crippen MR) is 262 cm³/mol. The van der Waals surface area contributed by atoms with Crippen LogP contribution < -0.4 is 5.32 Å². The molecule has 62 heavy (non-hydrogen) atoms. The molecule has 1 N–H and O–H groups in total. The van der Waals surface area contributed by atoms with Gasteiger partial charge in [-0.3, -0.25) is 0 Å². The maximum absolute atomic E-state index is 6.63. The Morgan fingerprint density at radius 2 is 1.23 bits per heavy atom. The maximum atomic E-state index is 6.63. The quantitative estimate of drug-likeness (QED) is 0.129. The third-order valence-electron chi connectivity index (χ3n) is 12.1. The van der Waals surface area contributed by atoms with E-state index in [2.05, 4.69) is 193 Å². The van der Waals surface area contributed by atoms with Crippen LogP contribution in [0.25, 0.3) is 93.2 Å². The van der Waals surface area contributed by atoms with E-state index in [-0.39, 0.29) is 0 Å². The van der Waals surface area contributed by atoms with Crippen LogP contribution in [-0.4, -0.2) is 23.3 Å². The van der Waals surface area contributed by atoms with Crippen molar-refractivity contribution in [2.24, 2.45) is 9.98 Å². The van der Waals surface area contributed by atoms with E-state index in [0.29, 0.717) is 18.1 Å². The van der Waals surface area contributed by atoms with Crippen LogP contribution in [0, 0.1) is 0 Å². The van der Waals surface area contributed by atoms with Crippen molar-refractivity contribution in [1.29, 1.82) is 0 Å². The highest BCUT2D eigenvalue weighted by molar-refractivity contribution is 6.30. The Bertz CT molecular complexity index is 3590. The number of hydrogen-bond donors (Lipinski definition) is 1. The molecule has 9 aromatic carbocycles. The van der Waals surface area contributed by atoms with Crippen LogP contribution in [-0.2, 0) is 0 Å². The van der Waals surface area contributed by atoms with E-state index >= 15 is 0 Å². The Morgan fingerprint density at radius 3 is 1.98 bits per heavy atom. The first-order chi connectivity index (χ1) is 30.6. The van der Waals surface area contributed by atoms with Gasteiger partial charge in [-0.05, 0) is 86.6 Å². The molecule has 0 aliphatic rings. The summed E-state index contributed by atoms with van der Waals surface area (Å²) in [5.74, 6) is 1.27. The van der Waals surface area contributed by atoms with E-state index < -0.39 is 0 Å². The van der Waals surface area contributed by atoms with Gasteiger partial charge in [-0.2, -0.15) is 0 Å². The molecule has 0 amide bonds. The minimum atomic E-state index is 0.564. The number of allylic oxidation sites excluding steroid dienone is 1. The van der Waals surface area contributed by atoms with Gasteiger partial charge in [0.1, 0.15) is 17.0 Å². The number of aromatic nitrogens is 1. The van der Waals surface area contributed by atoms with Crippen LogP contribution in [0.3, 0.4) is 0 Å². The van der Waals surface area contributed by atoms with Crippen molar-refractivity contribution in [3.05, 3.63) is 211 Å². The van der Waals surface area contributed by atoms with Crippen LogP contribution in [0.5, 0.6) is 0 Å². The molecule has 11 rings (SSSR count). The zero-order valence-electron chi connectivity index (χ0n) is 34.6. The average molecular weight is 799 g/mol. The largest absolute Gasteiger partial charge is 0.456 e. The topological polar surface area (TPSA) is 54.8 Å². The summed E-state index contributed by atoms with van der Waals surface area (Å²) in [5, 5.41) is 12.7. The summed E-state index contributed by atoms with van der Waals surface area (Å²) in [5.41, 5.74) is 12.1. The molecule has 11 aromatic rings. The second-order valence-electron chi connectivity index (χ2n) is 15.7. The lowest BCUT2D eigenvalue weighted by atomic mass is 9.94. The molecule has 0 aliphatic heterocycles. The summed E-state index contributed by atoms with van der Waals surface area (Å²) in [4.78, 5) is 10.3. The third-order valence-corrected chi connectivity index (χ3v) is 12.1. The first-order valence-corrected chi connectivity index (χ1v) is 21.2. The minimum Gasteiger partial charge on any atom is -0.456 e. The fraction of sp³-hybridized carbons (Fsp3) is 0.0526. The zero-order chi connectivity index (χ0) is 41.7. The maximum Gasteiger partial charge on any atom is 0.162 e. The molecular formula is C57H42N4O. The van der Waals surface area contributed by atoms with Gasteiger partial charge in [-0.1, -0.05) is 165 Å². The normalized spacial score (nSPS) is 12.4. The number of furan rings is 1. The van der Waals surface area contributed by atoms with Gasteiger partial charge in [-0.25, -0.2) is 9.98 Å². The Kier molecular flexibility index (Phi) is 9.09. The van der Waals surface area contributed by atoms with E-state index in [9.17, 15) is 0 Å². The lowest BCUT2D eigenvalue weighted by molar-refractivity contribution is 0.669. The van der Waals surface area contributed by atoms with E-state index in [1.54, 1.807) is 0 Å². The molecule has 0 radical (unpaired) electrons. The van der Waals surface area contributed by atoms with Gasteiger partial charge in [0.25, 0.3) is 0 Å². The SMILES string of the molecule is C=C(CC)/N=C(\N=C(/NC)c1ccc(-c2ccccc2)cc1)c1cccc2oc3ccc(-n4c5ccc6ccccc6c5c5c6ccccc6c(-c6ccccc6)cc54)cc3c12. The molecule has 0 saturated heterocycles. The van der Waals surface area contributed by atoms with Crippen molar-refractivity contribution in [3.63, 3.8) is 0 Å². The number of amidine groups is 2. The lowest BCUT2D eigenvalue weighted by Gasteiger charge is -2.13. The predicted octanol–water partition coefficient (Wildman–Crippen LogP) is 14.7. The van der Waals surface area contributed by atoms with Gasteiger partial charge in [0.05, 0.1) is 11.0 Å². The number of hydrogen-bond acceptors (Lipinski definition) is 2. The number of rotatable bonds is 7. The molecule has 296 valence electrons. The smallest absolute Gasteiger partial charge is 0.162 e. The number of benzene rings is 9. The van der Waals surface area contributed by atoms with E-state index in [4.69, 9.17) is 14.4 Å². The second kappa shape index (κ2) is 15.2. The molecule has 2 heterocycles. The fourth-order valence-corrected chi connectivity index (χ4v) is 9.11. The highest BCUT2D eigenvalue weighted by Gasteiger charge is 2.22. The summed E-state index contributed by atoms with van der Waals surface area (Å²) < 4.78 is 9.07. The van der Waals surface area contributed by atoms with E-state index in [0.717, 1.165) is 61.0 Å². The Labute approximate surface area is 359 Å². The summed E-state index contributed by atoms with van der Waals surface area (Å²) in [7, 11) is 1.90. The molecule has 5 heteroatoms. The Morgan fingerprint density at radius 1 is 0.548 bits per heavy atom. The van der Waals surface area contributed by atoms with Crippen molar-refractivity contribution >= 4 is 77.0 Å². The zero-order valence-corrected chi connectivity index (χ0v) is 34.6. The van der Waals surface area contributed by atoms with Gasteiger partial charge in [0, 0.05) is 51.1 Å². The molecular weight excluding hydrogens is 757 g/mol. The highest BCUT2D eigenvalue weighted by Crippen LogP contribution is 2.44. The van der Waals surface area contributed by atoms with Crippen LogP contribution in [0.2, 0.25) is 0 Å². The molecule has 0 atom stereocenters. The van der Waals surface area contributed by atoms with Crippen molar-refractivity contribution in [2.75, 3.05) is 7.05 Å². The van der Waals surface area contributed by atoms with Crippen LogP contribution >= 0.6 is 0 Å². The van der Waals surface area contributed by atoms with Gasteiger partial charge in [-0.15, -0.1) is 0 Å². The number of fused-ring (bicyclic) bond motifs is 10. The monoisotopic (exact) mass is 798 g/mol. The van der Waals surface area contributed by atoms with Gasteiger partial charge in [0.15, 0.2) is 5.84 Å². The molecule has 0 saturated carbocycles. The van der Waals surface area contributed by atoms with Crippen molar-refractivity contribution in [2.45, 2.75) is 13.3 Å². The van der Waals surface area contributed by atoms with Crippen LogP contribution in [0.1, 0.15) is 24.5 Å². The van der Waals surface area contributed by atoms with Crippen molar-refractivity contribution < 1.29 is 4.42 Å². The first kappa shape index (κ1) is 37.0. The molecule has 2 aromatic heterocycles. The molecule has 5 nitrogen and oxygen atoms in total. The standard InChI is InChI=1S/C57H42N4O/c1-4-36(2)59-57(60-56(58-3)41-28-26-38(27-29-41)37-16-7-5-8-17-37)46-24-15-25-52-53(46)48-34-42(31-33-51(48)62-52)61-49-32-30-40-20-11-12-21-43(40)54(49)55-45-23-14-13-22-44(45)47(35-50(55)61)39-18-9-6-10-19-39/h5-35H,2,4H2,1,3H3,(H,58,59,60). The summed E-state index contributed by atoms with van der Waals surface area (Å²) in [6.45, 7) is 6.36. The summed E-state index contributed by atoms with van der Waals surface area (Å²) in [6, 6.07) is 66.7.